The molecule has 0 spiro atoms. The summed E-state index contributed by atoms with van der Waals surface area (Å²) in [6.45, 7) is 3.14. The van der Waals surface area contributed by atoms with Crippen molar-refractivity contribution in [3.05, 3.63) is 59.7 Å². The van der Waals surface area contributed by atoms with Crippen LogP contribution in [0.1, 0.15) is 43.2 Å². The van der Waals surface area contributed by atoms with E-state index in [1.165, 1.54) is 0 Å². The van der Waals surface area contributed by atoms with Crippen molar-refractivity contribution in [3.63, 3.8) is 0 Å². The van der Waals surface area contributed by atoms with E-state index in [2.05, 4.69) is 10.2 Å². The van der Waals surface area contributed by atoms with E-state index in [-0.39, 0.29) is 5.91 Å². The van der Waals surface area contributed by atoms with E-state index >= 15 is 0 Å². The molecule has 0 bridgehead atoms. The molecule has 0 atom stereocenters. The molecular weight excluding hydrogens is 450 g/mol. The predicted molar refractivity (Wildman–Crippen MR) is 134 cm³/mol. The molecule has 1 fully saturated rings. The Morgan fingerprint density at radius 2 is 1.56 bits per heavy atom. The van der Waals surface area contributed by atoms with Gasteiger partial charge in [-0.1, -0.05) is 37.1 Å². The van der Waals surface area contributed by atoms with Gasteiger partial charge in [0, 0.05) is 32.6 Å². The number of benzene rings is 2. The summed E-state index contributed by atoms with van der Waals surface area (Å²) >= 11 is 0. The molecule has 0 saturated carbocycles. The van der Waals surface area contributed by atoms with Gasteiger partial charge < -0.3 is 15.0 Å². The summed E-state index contributed by atoms with van der Waals surface area (Å²) in [6, 6.07) is 14.7. The average molecular weight is 488 g/mol. The van der Waals surface area contributed by atoms with E-state index < -0.39 is 10.0 Å². The van der Waals surface area contributed by atoms with Crippen LogP contribution < -0.4 is 10.1 Å². The monoisotopic (exact) mass is 487 g/mol. The highest BCUT2D eigenvalue weighted by atomic mass is 32.2. The first-order valence-corrected chi connectivity index (χ1v) is 13.5. The first kappa shape index (κ1) is 26.2. The lowest BCUT2D eigenvalue weighted by atomic mass is 10.1. The summed E-state index contributed by atoms with van der Waals surface area (Å²) in [5.41, 5.74) is 1.96. The van der Waals surface area contributed by atoms with Gasteiger partial charge in [-0.2, -0.15) is 4.31 Å². The second kappa shape index (κ2) is 12.9. The summed E-state index contributed by atoms with van der Waals surface area (Å²) in [5, 5.41) is 2.94. The van der Waals surface area contributed by atoms with Crippen molar-refractivity contribution in [1.82, 2.24) is 14.5 Å². The number of hydrogen-bond acceptors (Lipinski definition) is 5. The zero-order valence-corrected chi connectivity index (χ0v) is 21.1. The second-order valence-corrected chi connectivity index (χ2v) is 11.0. The number of amides is 1. The summed E-state index contributed by atoms with van der Waals surface area (Å²) in [7, 11) is 0.570. The molecule has 2 aromatic carbocycles. The van der Waals surface area contributed by atoms with Crippen LogP contribution in [0.5, 0.6) is 5.75 Å². The number of nitrogens with zero attached hydrogens (tertiary/aromatic N) is 2. The SMILES string of the molecule is CN(C)CCOc1ccc(CNC(=O)CCc2ccc(S(=O)(=O)N3CCCCCC3)cc2)cc1. The fourth-order valence-electron chi connectivity index (χ4n) is 3.86. The molecule has 1 aliphatic rings. The van der Waals surface area contributed by atoms with Gasteiger partial charge >= 0.3 is 0 Å². The number of carbonyl (C=O) groups excluding carboxylic acids is 1. The number of ether oxygens (including phenoxy) is 1. The van der Waals surface area contributed by atoms with Crippen LogP contribution in [0.15, 0.2) is 53.4 Å². The van der Waals surface area contributed by atoms with Crippen molar-refractivity contribution in [3.8, 4) is 5.75 Å². The van der Waals surface area contributed by atoms with Crippen molar-refractivity contribution in [1.29, 1.82) is 0 Å². The maximum absolute atomic E-state index is 12.9. The van der Waals surface area contributed by atoms with Gasteiger partial charge in [0.05, 0.1) is 4.90 Å². The maximum atomic E-state index is 12.9. The fraction of sp³-hybridized carbons (Fsp3) is 0.500. The molecule has 8 heteroatoms. The van der Waals surface area contributed by atoms with Gasteiger partial charge in [-0.25, -0.2) is 8.42 Å². The molecule has 34 heavy (non-hydrogen) atoms. The highest BCUT2D eigenvalue weighted by molar-refractivity contribution is 7.89. The minimum atomic E-state index is -3.44. The van der Waals surface area contributed by atoms with Gasteiger partial charge in [0.1, 0.15) is 12.4 Å². The minimum absolute atomic E-state index is 0.0347. The highest BCUT2D eigenvalue weighted by Crippen LogP contribution is 2.21. The first-order chi connectivity index (χ1) is 16.3. The molecule has 1 amide bonds. The van der Waals surface area contributed by atoms with Gasteiger partial charge in [0.25, 0.3) is 0 Å². The third kappa shape index (κ3) is 8.11. The number of nitrogens with one attached hydrogen (secondary N) is 1. The summed E-state index contributed by atoms with van der Waals surface area (Å²) in [4.78, 5) is 14.7. The van der Waals surface area contributed by atoms with E-state index in [1.54, 1.807) is 16.4 Å². The molecule has 1 heterocycles. The lowest BCUT2D eigenvalue weighted by molar-refractivity contribution is -0.121. The summed E-state index contributed by atoms with van der Waals surface area (Å²) in [5.74, 6) is 0.783. The molecule has 186 valence electrons. The van der Waals surface area contributed by atoms with Gasteiger partial charge in [-0.05, 0) is 68.8 Å². The van der Waals surface area contributed by atoms with Crippen LogP contribution in [0.25, 0.3) is 0 Å². The van der Waals surface area contributed by atoms with Crippen LogP contribution in [-0.4, -0.2) is 63.9 Å². The van der Waals surface area contributed by atoms with Gasteiger partial charge in [-0.3, -0.25) is 4.79 Å². The second-order valence-electron chi connectivity index (χ2n) is 9.03. The Bertz CT molecular complexity index is 997. The van der Waals surface area contributed by atoms with Crippen molar-refractivity contribution < 1.29 is 17.9 Å². The Hall–Kier alpha value is -2.42. The lowest BCUT2D eigenvalue weighted by Crippen LogP contribution is -2.31. The largest absolute Gasteiger partial charge is 0.492 e. The maximum Gasteiger partial charge on any atom is 0.243 e. The smallest absolute Gasteiger partial charge is 0.243 e. The zero-order chi connectivity index (χ0) is 24.4. The van der Waals surface area contributed by atoms with Crippen LogP contribution in [0.4, 0.5) is 0 Å². The third-order valence-corrected chi connectivity index (χ3v) is 7.90. The summed E-state index contributed by atoms with van der Waals surface area (Å²) < 4.78 is 33.1. The number of sulfonamides is 1. The van der Waals surface area contributed by atoms with E-state index in [1.807, 2.05) is 50.5 Å². The van der Waals surface area contributed by atoms with Crippen LogP contribution in [0.3, 0.4) is 0 Å². The average Bonchev–Trinajstić information content (AvgIpc) is 3.13. The fourth-order valence-corrected chi connectivity index (χ4v) is 5.37. The van der Waals surface area contributed by atoms with Crippen LogP contribution in [0.2, 0.25) is 0 Å². The van der Waals surface area contributed by atoms with Crippen LogP contribution in [0, 0.1) is 0 Å². The molecule has 7 nitrogen and oxygen atoms in total. The Balaban J connectivity index is 1.42. The Kier molecular flexibility index (Phi) is 9.92. The molecule has 1 N–H and O–H groups in total. The molecule has 2 aromatic rings. The molecule has 1 aliphatic heterocycles. The van der Waals surface area contributed by atoms with Gasteiger partial charge in [0.15, 0.2) is 0 Å². The number of aryl methyl sites for hydroxylation is 1. The quantitative estimate of drug-likeness (QED) is 0.525. The molecule has 0 aliphatic carbocycles. The van der Waals surface area contributed by atoms with E-state index in [4.69, 9.17) is 4.74 Å². The third-order valence-electron chi connectivity index (χ3n) is 5.99. The van der Waals surface area contributed by atoms with Crippen molar-refractivity contribution in [2.75, 3.05) is 40.3 Å². The van der Waals surface area contributed by atoms with E-state index in [9.17, 15) is 13.2 Å². The van der Waals surface area contributed by atoms with Crippen LogP contribution in [-0.2, 0) is 27.8 Å². The standard InChI is InChI=1S/C26H37N3O4S/c1-28(2)19-20-33-24-12-7-23(8-13-24)21-27-26(30)16-11-22-9-14-25(15-10-22)34(31,32)29-17-5-3-4-6-18-29/h7-10,12-15H,3-6,11,16-21H2,1-2H3,(H,27,30). The molecule has 0 aromatic heterocycles. The van der Waals surface area contributed by atoms with E-state index in [0.717, 1.165) is 49.1 Å². The molecule has 3 rings (SSSR count). The number of hydrogen-bond donors (Lipinski definition) is 1. The lowest BCUT2D eigenvalue weighted by Gasteiger charge is -2.20. The number of rotatable bonds is 11. The molecule has 1 saturated heterocycles. The molecule has 0 radical (unpaired) electrons. The normalized spacial score (nSPS) is 15.1. The minimum Gasteiger partial charge on any atom is -0.492 e. The Morgan fingerprint density at radius 1 is 0.941 bits per heavy atom. The molecular formula is C26H37N3O4S. The Labute approximate surface area is 204 Å². The van der Waals surface area contributed by atoms with Crippen molar-refractivity contribution in [2.45, 2.75) is 50.0 Å². The first-order valence-electron chi connectivity index (χ1n) is 12.1. The highest BCUT2D eigenvalue weighted by Gasteiger charge is 2.24. The molecule has 0 unspecified atom stereocenters. The predicted octanol–water partition coefficient (Wildman–Crippen LogP) is 3.44. The van der Waals surface area contributed by atoms with Crippen molar-refractivity contribution >= 4 is 15.9 Å². The van der Waals surface area contributed by atoms with Crippen LogP contribution >= 0.6 is 0 Å². The topological polar surface area (TPSA) is 79.0 Å². The van der Waals surface area contributed by atoms with Gasteiger partial charge in [-0.15, -0.1) is 0 Å². The van der Waals surface area contributed by atoms with Crippen molar-refractivity contribution in [2.24, 2.45) is 0 Å². The van der Waals surface area contributed by atoms with Gasteiger partial charge in [0.2, 0.25) is 15.9 Å². The number of likely N-dealkylation sites (N-methyl/N-ethyl adjacent to an activating group) is 1. The Morgan fingerprint density at radius 3 is 2.18 bits per heavy atom. The summed E-state index contributed by atoms with van der Waals surface area (Å²) in [6.07, 6.45) is 4.92. The number of carbonyl (C=O) groups is 1. The van der Waals surface area contributed by atoms with E-state index in [0.29, 0.717) is 44.0 Å². The zero-order valence-electron chi connectivity index (χ0n) is 20.3.